The van der Waals surface area contributed by atoms with Gasteiger partial charge in [-0.15, -0.1) is 0 Å². The van der Waals surface area contributed by atoms with Crippen LogP contribution < -0.4 is 11.1 Å². The number of amides is 1. The number of hydrogen-bond acceptors (Lipinski definition) is 3. The Morgan fingerprint density at radius 2 is 1.96 bits per heavy atom. The number of nitrogens with one attached hydrogen (secondary N) is 1. The molecule has 1 saturated heterocycles. The molecular weight excluding hydrogens is 292 g/mol. The highest BCUT2D eigenvalue weighted by Crippen LogP contribution is 2.28. The van der Waals surface area contributed by atoms with Gasteiger partial charge in [0.2, 0.25) is 0 Å². The number of guanidine groups is 1. The molecule has 0 bridgehead atoms. The van der Waals surface area contributed by atoms with Crippen LogP contribution in [-0.4, -0.2) is 49.2 Å². The smallest absolute Gasteiger partial charge is 0.409 e. The molecule has 0 radical (unpaired) electrons. The van der Waals surface area contributed by atoms with Gasteiger partial charge in [0.25, 0.3) is 0 Å². The van der Waals surface area contributed by atoms with Gasteiger partial charge in [-0.2, -0.15) is 0 Å². The number of likely N-dealkylation sites (tertiary alicyclic amines) is 1. The normalized spacial score (nSPS) is 20.7. The predicted octanol–water partition coefficient (Wildman–Crippen LogP) is 2.48. The van der Waals surface area contributed by atoms with E-state index in [1.165, 1.54) is 32.1 Å². The molecule has 1 saturated carbocycles. The van der Waals surface area contributed by atoms with Crippen molar-refractivity contribution in [1.29, 1.82) is 0 Å². The first-order chi connectivity index (χ1) is 11.2. The third-order valence-electron chi connectivity index (χ3n) is 4.90. The summed E-state index contributed by atoms with van der Waals surface area (Å²) >= 11 is 0. The van der Waals surface area contributed by atoms with Crippen LogP contribution in [0.4, 0.5) is 4.79 Å². The third kappa shape index (κ3) is 6.28. The van der Waals surface area contributed by atoms with E-state index in [0.717, 1.165) is 31.7 Å². The highest BCUT2D eigenvalue weighted by molar-refractivity contribution is 5.78. The third-order valence-corrected chi connectivity index (χ3v) is 4.90. The fraction of sp³-hybridized carbons (Fsp3) is 0.882. The Labute approximate surface area is 139 Å². The summed E-state index contributed by atoms with van der Waals surface area (Å²) in [6.07, 6.45) is 9.59. The van der Waals surface area contributed by atoms with Crippen molar-refractivity contribution in [2.75, 3.05) is 26.2 Å². The Bertz CT molecular complexity index is 386. The zero-order chi connectivity index (χ0) is 16.5. The van der Waals surface area contributed by atoms with Gasteiger partial charge in [0, 0.05) is 25.7 Å². The monoisotopic (exact) mass is 324 g/mol. The quantitative estimate of drug-likeness (QED) is 0.447. The number of aliphatic imine (C=N–C) groups is 1. The van der Waals surface area contributed by atoms with E-state index < -0.39 is 0 Å². The lowest BCUT2D eigenvalue weighted by molar-refractivity contribution is 0.0963. The molecule has 0 spiro atoms. The Hall–Kier alpha value is -1.46. The van der Waals surface area contributed by atoms with Crippen molar-refractivity contribution in [2.45, 2.75) is 64.3 Å². The number of carbonyl (C=O) groups is 1. The molecule has 1 amide bonds. The van der Waals surface area contributed by atoms with E-state index in [0.29, 0.717) is 31.7 Å². The molecular formula is C17H32N4O2. The maximum atomic E-state index is 11.6. The van der Waals surface area contributed by atoms with Crippen molar-refractivity contribution in [3.8, 4) is 0 Å². The van der Waals surface area contributed by atoms with Crippen LogP contribution in [0.25, 0.3) is 0 Å². The van der Waals surface area contributed by atoms with Gasteiger partial charge in [-0.1, -0.05) is 25.7 Å². The van der Waals surface area contributed by atoms with Gasteiger partial charge in [-0.05, 0) is 38.5 Å². The molecule has 6 nitrogen and oxygen atoms in total. The summed E-state index contributed by atoms with van der Waals surface area (Å²) < 4.78 is 5.02. The van der Waals surface area contributed by atoms with E-state index in [4.69, 9.17) is 10.5 Å². The first-order valence-corrected chi connectivity index (χ1v) is 9.17. The predicted molar refractivity (Wildman–Crippen MR) is 92.4 cm³/mol. The minimum Gasteiger partial charge on any atom is -0.450 e. The molecule has 0 aromatic carbocycles. The number of carbonyl (C=O) groups excluding carboxylic acids is 1. The van der Waals surface area contributed by atoms with Gasteiger partial charge >= 0.3 is 6.09 Å². The first-order valence-electron chi connectivity index (χ1n) is 9.17. The van der Waals surface area contributed by atoms with Crippen molar-refractivity contribution >= 4 is 12.1 Å². The second kappa shape index (κ2) is 9.63. The highest BCUT2D eigenvalue weighted by Gasteiger charge is 2.23. The van der Waals surface area contributed by atoms with E-state index in [1.54, 1.807) is 4.90 Å². The highest BCUT2D eigenvalue weighted by atomic mass is 16.6. The van der Waals surface area contributed by atoms with Crippen molar-refractivity contribution < 1.29 is 9.53 Å². The summed E-state index contributed by atoms with van der Waals surface area (Å²) in [5.74, 6) is 1.47. The molecule has 1 heterocycles. The molecule has 0 atom stereocenters. The Morgan fingerprint density at radius 1 is 1.26 bits per heavy atom. The topological polar surface area (TPSA) is 80.0 Å². The van der Waals surface area contributed by atoms with E-state index in [1.807, 2.05) is 6.92 Å². The van der Waals surface area contributed by atoms with Gasteiger partial charge in [0.15, 0.2) is 5.96 Å². The lowest BCUT2D eigenvalue weighted by atomic mass is 10.0. The fourth-order valence-corrected chi connectivity index (χ4v) is 3.55. The number of hydrogen-bond donors (Lipinski definition) is 2. The molecule has 0 unspecified atom stereocenters. The summed E-state index contributed by atoms with van der Waals surface area (Å²) in [4.78, 5) is 17.8. The molecule has 23 heavy (non-hydrogen) atoms. The van der Waals surface area contributed by atoms with Gasteiger partial charge < -0.3 is 20.7 Å². The van der Waals surface area contributed by atoms with Crippen LogP contribution in [0.3, 0.4) is 0 Å². The van der Waals surface area contributed by atoms with Crippen LogP contribution in [0.1, 0.15) is 58.3 Å². The molecule has 132 valence electrons. The van der Waals surface area contributed by atoms with Crippen LogP contribution >= 0.6 is 0 Å². The minimum absolute atomic E-state index is 0.209. The van der Waals surface area contributed by atoms with Gasteiger partial charge in [0.1, 0.15) is 0 Å². The molecule has 6 heteroatoms. The summed E-state index contributed by atoms with van der Waals surface area (Å²) in [5, 5.41) is 3.29. The summed E-state index contributed by atoms with van der Waals surface area (Å²) in [6.45, 7) is 4.50. The SMILES string of the molecule is CCOC(=O)N1CCC(NC(N)=NCCCC2CCCC2)CC1. The number of ether oxygens (including phenoxy) is 1. The molecule has 1 aliphatic heterocycles. The zero-order valence-corrected chi connectivity index (χ0v) is 14.4. The molecule has 2 aliphatic rings. The molecule has 2 rings (SSSR count). The number of nitrogens with zero attached hydrogens (tertiary/aromatic N) is 2. The van der Waals surface area contributed by atoms with Gasteiger partial charge in [-0.25, -0.2) is 4.79 Å². The van der Waals surface area contributed by atoms with Gasteiger partial charge in [-0.3, -0.25) is 4.99 Å². The Morgan fingerprint density at radius 3 is 2.61 bits per heavy atom. The summed E-state index contributed by atoms with van der Waals surface area (Å²) in [6, 6.07) is 0.305. The van der Waals surface area contributed by atoms with Crippen molar-refractivity contribution in [1.82, 2.24) is 10.2 Å². The molecule has 3 N–H and O–H groups in total. The molecule has 0 aromatic rings. The van der Waals surface area contributed by atoms with Crippen LogP contribution in [0, 0.1) is 5.92 Å². The number of rotatable bonds is 6. The average Bonchev–Trinajstić information content (AvgIpc) is 3.06. The van der Waals surface area contributed by atoms with Gasteiger partial charge in [0.05, 0.1) is 6.61 Å². The number of piperidine rings is 1. The maximum absolute atomic E-state index is 11.6. The van der Waals surface area contributed by atoms with Crippen LogP contribution in [0.2, 0.25) is 0 Å². The second-order valence-electron chi connectivity index (χ2n) is 6.66. The van der Waals surface area contributed by atoms with E-state index in [9.17, 15) is 4.79 Å². The first kappa shape index (κ1) is 17.9. The van der Waals surface area contributed by atoms with Crippen molar-refractivity contribution in [3.05, 3.63) is 0 Å². The fourth-order valence-electron chi connectivity index (χ4n) is 3.55. The number of nitrogens with two attached hydrogens (primary N) is 1. The van der Waals surface area contributed by atoms with Crippen LogP contribution in [-0.2, 0) is 4.74 Å². The van der Waals surface area contributed by atoms with Crippen LogP contribution in [0.15, 0.2) is 4.99 Å². The van der Waals surface area contributed by atoms with E-state index in [2.05, 4.69) is 10.3 Å². The molecule has 1 aliphatic carbocycles. The average molecular weight is 324 g/mol. The van der Waals surface area contributed by atoms with Crippen molar-refractivity contribution in [3.63, 3.8) is 0 Å². The van der Waals surface area contributed by atoms with Crippen LogP contribution in [0.5, 0.6) is 0 Å². The Kier molecular flexibility index (Phi) is 7.49. The Balaban J connectivity index is 1.59. The largest absolute Gasteiger partial charge is 0.450 e. The summed E-state index contributed by atoms with van der Waals surface area (Å²) in [7, 11) is 0. The molecule has 0 aromatic heterocycles. The zero-order valence-electron chi connectivity index (χ0n) is 14.4. The maximum Gasteiger partial charge on any atom is 0.409 e. The summed E-state index contributed by atoms with van der Waals surface area (Å²) in [5.41, 5.74) is 5.97. The molecule has 2 fully saturated rings. The minimum atomic E-state index is -0.209. The lowest BCUT2D eigenvalue weighted by Gasteiger charge is -2.31. The second-order valence-corrected chi connectivity index (χ2v) is 6.66. The lowest BCUT2D eigenvalue weighted by Crippen LogP contribution is -2.48. The van der Waals surface area contributed by atoms with E-state index in [-0.39, 0.29) is 6.09 Å². The standard InChI is InChI=1S/C17H32N4O2/c1-2-23-17(22)21-12-9-15(10-13-21)20-16(18)19-11-5-8-14-6-3-4-7-14/h14-15H,2-13H2,1H3,(H3,18,19,20). The van der Waals surface area contributed by atoms with E-state index >= 15 is 0 Å². The van der Waals surface area contributed by atoms with Crippen molar-refractivity contribution in [2.24, 2.45) is 16.6 Å².